The molecule has 0 unspecified atom stereocenters. The molecule has 2 heteroatoms. The SMILES string of the molecule is COCCNCCC(C)(C)CCc1ccc(C(C)C)cc1. The molecule has 0 fully saturated rings. The van der Waals surface area contributed by atoms with E-state index in [1.54, 1.807) is 7.11 Å². The highest BCUT2D eigenvalue weighted by molar-refractivity contribution is 5.24. The van der Waals surface area contributed by atoms with E-state index in [1.807, 2.05) is 0 Å². The molecule has 0 radical (unpaired) electrons. The summed E-state index contributed by atoms with van der Waals surface area (Å²) in [6.07, 6.45) is 3.62. The van der Waals surface area contributed by atoms with Gasteiger partial charge in [-0.1, -0.05) is 52.0 Å². The predicted molar refractivity (Wildman–Crippen MR) is 92.0 cm³/mol. The fourth-order valence-electron chi connectivity index (χ4n) is 2.40. The lowest BCUT2D eigenvalue weighted by Crippen LogP contribution is -2.25. The second-order valence-corrected chi connectivity index (χ2v) is 7.05. The minimum absolute atomic E-state index is 0.386. The number of nitrogens with one attached hydrogen (secondary N) is 1. The molecule has 0 bridgehead atoms. The van der Waals surface area contributed by atoms with Gasteiger partial charge in [0.05, 0.1) is 6.61 Å². The molecule has 0 aliphatic rings. The first-order valence-corrected chi connectivity index (χ1v) is 8.23. The Balaban J connectivity index is 2.31. The average molecular weight is 291 g/mol. The van der Waals surface area contributed by atoms with Crippen molar-refractivity contribution in [3.63, 3.8) is 0 Å². The van der Waals surface area contributed by atoms with Crippen molar-refractivity contribution in [2.24, 2.45) is 5.41 Å². The van der Waals surface area contributed by atoms with Crippen LogP contribution in [0.25, 0.3) is 0 Å². The van der Waals surface area contributed by atoms with Gasteiger partial charge in [-0.3, -0.25) is 0 Å². The number of hydrogen-bond acceptors (Lipinski definition) is 2. The second-order valence-electron chi connectivity index (χ2n) is 7.05. The molecule has 120 valence electrons. The van der Waals surface area contributed by atoms with E-state index in [1.165, 1.54) is 30.4 Å². The molecule has 0 saturated heterocycles. The van der Waals surface area contributed by atoms with E-state index in [-0.39, 0.29) is 0 Å². The number of ether oxygens (including phenoxy) is 1. The predicted octanol–water partition coefficient (Wildman–Crippen LogP) is 4.39. The maximum Gasteiger partial charge on any atom is 0.0587 e. The van der Waals surface area contributed by atoms with Crippen molar-refractivity contribution in [1.29, 1.82) is 0 Å². The molecule has 2 nitrogen and oxygen atoms in total. The Morgan fingerprint density at radius 3 is 2.29 bits per heavy atom. The number of rotatable bonds is 10. The molecule has 0 aliphatic heterocycles. The second kappa shape index (κ2) is 9.22. The van der Waals surface area contributed by atoms with Gasteiger partial charge in [-0.2, -0.15) is 0 Å². The molecule has 1 rings (SSSR count). The largest absolute Gasteiger partial charge is 0.383 e. The molecule has 0 amide bonds. The van der Waals surface area contributed by atoms with Crippen LogP contribution in [0, 0.1) is 5.41 Å². The Morgan fingerprint density at radius 1 is 1.05 bits per heavy atom. The van der Waals surface area contributed by atoms with Crippen LogP contribution in [0.15, 0.2) is 24.3 Å². The van der Waals surface area contributed by atoms with Crippen LogP contribution in [0.5, 0.6) is 0 Å². The fourth-order valence-corrected chi connectivity index (χ4v) is 2.40. The van der Waals surface area contributed by atoms with Gasteiger partial charge in [0.25, 0.3) is 0 Å². The van der Waals surface area contributed by atoms with Gasteiger partial charge in [-0.25, -0.2) is 0 Å². The van der Waals surface area contributed by atoms with Gasteiger partial charge in [0.1, 0.15) is 0 Å². The number of hydrogen-bond donors (Lipinski definition) is 1. The average Bonchev–Trinajstić information content (AvgIpc) is 2.45. The maximum atomic E-state index is 5.04. The van der Waals surface area contributed by atoms with Gasteiger partial charge in [0.2, 0.25) is 0 Å². The Labute approximate surface area is 131 Å². The van der Waals surface area contributed by atoms with Crippen LogP contribution >= 0.6 is 0 Å². The lowest BCUT2D eigenvalue weighted by molar-refractivity contribution is 0.197. The molecule has 21 heavy (non-hydrogen) atoms. The third-order valence-corrected chi connectivity index (χ3v) is 4.20. The van der Waals surface area contributed by atoms with Crippen molar-refractivity contribution in [3.05, 3.63) is 35.4 Å². The Hall–Kier alpha value is -0.860. The van der Waals surface area contributed by atoms with Gasteiger partial charge in [0.15, 0.2) is 0 Å². The maximum absolute atomic E-state index is 5.04. The summed E-state index contributed by atoms with van der Waals surface area (Å²) in [5.41, 5.74) is 3.27. The summed E-state index contributed by atoms with van der Waals surface area (Å²) >= 11 is 0. The van der Waals surface area contributed by atoms with Crippen molar-refractivity contribution < 1.29 is 4.74 Å². The third kappa shape index (κ3) is 7.63. The summed E-state index contributed by atoms with van der Waals surface area (Å²) in [5, 5.41) is 3.44. The Kier molecular flexibility index (Phi) is 7.98. The summed E-state index contributed by atoms with van der Waals surface area (Å²) in [6, 6.07) is 9.14. The number of aryl methyl sites for hydroxylation is 1. The van der Waals surface area contributed by atoms with Crippen LogP contribution in [0.3, 0.4) is 0 Å². The lowest BCUT2D eigenvalue weighted by atomic mass is 9.83. The van der Waals surface area contributed by atoms with E-state index in [2.05, 4.69) is 57.3 Å². The molecular formula is C19H33NO. The van der Waals surface area contributed by atoms with Gasteiger partial charge in [-0.05, 0) is 48.3 Å². The smallest absolute Gasteiger partial charge is 0.0587 e. The van der Waals surface area contributed by atoms with Crippen LogP contribution in [0.2, 0.25) is 0 Å². The quantitative estimate of drug-likeness (QED) is 0.645. The molecule has 0 spiro atoms. The first-order chi connectivity index (χ1) is 9.94. The van der Waals surface area contributed by atoms with E-state index < -0.39 is 0 Å². The van der Waals surface area contributed by atoms with Gasteiger partial charge in [0, 0.05) is 13.7 Å². The molecule has 1 N–H and O–H groups in total. The highest BCUT2D eigenvalue weighted by Crippen LogP contribution is 2.27. The van der Waals surface area contributed by atoms with Gasteiger partial charge in [-0.15, -0.1) is 0 Å². The molecule has 1 aromatic rings. The van der Waals surface area contributed by atoms with Crippen molar-refractivity contribution in [1.82, 2.24) is 5.32 Å². The fraction of sp³-hybridized carbons (Fsp3) is 0.684. The normalized spacial score (nSPS) is 12.1. The van der Waals surface area contributed by atoms with Crippen LogP contribution < -0.4 is 5.32 Å². The van der Waals surface area contributed by atoms with E-state index in [0.29, 0.717) is 11.3 Å². The van der Waals surface area contributed by atoms with E-state index >= 15 is 0 Å². The summed E-state index contributed by atoms with van der Waals surface area (Å²) in [4.78, 5) is 0. The highest BCUT2D eigenvalue weighted by Gasteiger charge is 2.17. The lowest BCUT2D eigenvalue weighted by Gasteiger charge is -2.25. The summed E-state index contributed by atoms with van der Waals surface area (Å²) in [7, 11) is 1.75. The molecule has 0 aromatic heterocycles. The standard InChI is InChI=1S/C19H33NO/c1-16(2)18-8-6-17(7-9-18)10-11-19(3,4)12-13-20-14-15-21-5/h6-9,16,20H,10-15H2,1-5H3. The van der Waals surface area contributed by atoms with Crippen molar-refractivity contribution in [2.75, 3.05) is 26.8 Å². The van der Waals surface area contributed by atoms with Crippen LogP contribution in [-0.2, 0) is 11.2 Å². The zero-order valence-corrected chi connectivity index (χ0v) is 14.5. The van der Waals surface area contributed by atoms with Crippen molar-refractivity contribution in [2.45, 2.75) is 52.9 Å². The van der Waals surface area contributed by atoms with E-state index in [4.69, 9.17) is 4.74 Å². The van der Waals surface area contributed by atoms with E-state index in [0.717, 1.165) is 19.7 Å². The van der Waals surface area contributed by atoms with Crippen LogP contribution in [0.1, 0.15) is 57.6 Å². The zero-order valence-electron chi connectivity index (χ0n) is 14.5. The zero-order chi connectivity index (χ0) is 15.7. The molecular weight excluding hydrogens is 258 g/mol. The summed E-state index contributed by atoms with van der Waals surface area (Å²) < 4.78 is 5.04. The van der Waals surface area contributed by atoms with Crippen LogP contribution in [-0.4, -0.2) is 26.8 Å². The summed E-state index contributed by atoms with van der Waals surface area (Å²) in [5.74, 6) is 0.619. The molecule has 0 heterocycles. The Morgan fingerprint density at radius 2 is 1.71 bits per heavy atom. The van der Waals surface area contributed by atoms with Crippen LogP contribution in [0.4, 0.5) is 0 Å². The minimum Gasteiger partial charge on any atom is -0.383 e. The van der Waals surface area contributed by atoms with Crippen molar-refractivity contribution in [3.8, 4) is 0 Å². The van der Waals surface area contributed by atoms with E-state index in [9.17, 15) is 0 Å². The number of methoxy groups -OCH3 is 1. The summed E-state index contributed by atoms with van der Waals surface area (Å²) in [6.45, 7) is 12.0. The van der Waals surface area contributed by atoms with Gasteiger partial charge >= 0.3 is 0 Å². The third-order valence-electron chi connectivity index (χ3n) is 4.20. The molecule has 0 saturated carbocycles. The molecule has 0 aliphatic carbocycles. The highest BCUT2D eigenvalue weighted by atomic mass is 16.5. The monoisotopic (exact) mass is 291 g/mol. The first kappa shape index (κ1) is 18.2. The number of benzene rings is 1. The van der Waals surface area contributed by atoms with Crippen molar-refractivity contribution >= 4 is 0 Å². The Bertz CT molecular complexity index is 381. The molecule has 0 atom stereocenters. The first-order valence-electron chi connectivity index (χ1n) is 8.23. The topological polar surface area (TPSA) is 21.3 Å². The van der Waals surface area contributed by atoms with Gasteiger partial charge < -0.3 is 10.1 Å². The molecule has 1 aromatic carbocycles. The minimum atomic E-state index is 0.386.